The topological polar surface area (TPSA) is 48.0 Å². The molecule has 2 bridgehead atoms. The molecular formula is C22H29NO4. The highest BCUT2D eigenvalue weighted by Gasteiger charge is 2.39. The van der Waals surface area contributed by atoms with E-state index in [0.717, 1.165) is 43.6 Å². The van der Waals surface area contributed by atoms with Crippen molar-refractivity contribution in [1.82, 2.24) is 4.90 Å². The molecule has 27 heavy (non-hydrogen) atoms. The zero-order valence-electron chi connectivity index (χ0n) is 16.5. The fourth-order valence-corrected chi connectivity index (χ4v) is 4.21. The van der Waals surface area contributed by atoms with Crippen molar-refractivity contribution in [2.75, 3.05) is 13.2 Å². The van der Waals surface area contributed by atoms with Crippen LogP contribution in [0.25, 0.3) is 5.57 Å². The molecule has 3 aliphatic rings. The van der Waals surface area contributed by atoms with Crippen molar-refractivity contribution in [3.05, 3.63) is 29.8 Å². The summed E-state index contributed by atoms with van der Waals surface area (Å²) >= 11 is 0. The molecule has 0 aromatic heterocycles. The van der Waals surface area contributed by atoms with E-state index in [0.29, 0.717) is 13.2 Å². The summed E-state index contributed by atoms with van der Waals surface area (Å²) < 4.78 is 17.3. The van der Waals surface area contributed by atoms with Crippen LogP contribution in [0.1, 0.15) is 58.4 Å². The Labute approximate surface area is 161 Å². The third-order valence-corrected chi connectivity index (χ3v) is 5.36. The number of carbonyl (C=O) groups excluding carboxylic acids is 1. The van der Waals surface area contributed by atoms with Crippen LogP contribution < -0.4 is 9.47 Å². The summed E-state index contributed by atoms with van der Waals surface area (Å²) in [5.74, 6) is 1.65. The average Bonchev–Trinajstić information content (AvgIpc) is 2.83. The number of hydrogen-bond donors (Lipinski definition) is 0. The van der Waals surface area contributed by atoms with Crippen LogP contribution in [0.4, 0.5) is 4.79 Å². The van der Waals surface area contributed by atoms with Gasteiger partial charge in [-0.2, -0.15) is 0 Å². The SMILES string of the molecule is CC(C)(C)OC(=O)N1C2C=C(c3ccc4c(c3)OCCCO4)CC1CCC2. The monoisotopic (exact) mass is 371 g/mol. The van der Waals surface area contributed by atoms with Crippen LogP contribution in [-0.2, 0) is 4.74 Å². The molecule has 0 saturated carbocycles. The fourth-order valence-electron chi connectivity index (χ4n) is 4.21. The molecule has 1 fully saturated rings. The van der Waals surface area contributed by atoms with Gasteiger partial charge in [-0.1, -0.05) is 12.1 Å². The Balaban J connectivity index is 1.59. The van der Waals surface area contributed by atoms with E-state index in [1.54, 1.807) is 0 Å². The quantitative estimate of drug-likeness (QED) is 0.712. The third-order valence-electron chi connectivity index (χ3n) is 5.36. The van der Waals surface area contributed by atoms with Crippen LogP contribution in [0.2, 0.25) is 0 Å². The molecule has 4 rings (SSSR count). The lowest BCUT2D eigenvalue weighted by Gasteiger charge is -2.45. The number of carbonyl (C=O) groups is 1. The van der Waals surface area contributed by atoms with Gasteiger partial charge in [0.05, 0.1) is 19.3 Å². The third kappa shape index (κ3) is 3.92. The normalized spacial score (nSPS) is 24.7. The van der Waals surface area contributed by atoms with Crippen LogP contribution in [0.3, 0.4) is 0 Å². The van der Waals surface area contributed by atoms with E-state index >= 15 is 0 Å². The van der Waals surface area contributed by atoms with Crippen LogP contribution in [0.5, 0.6) is 11.5 Å². The molecule has 1 aromatic rings. The molecule has 5 nitrogen and oxygen atoms in total. The van der Waals surface area contributed by atoms with Crippen molar-refractivity contribution < 1.29 is 19.0 Å². The summed E-state index contributed by atoms with van der Waals surface area (Å²) in [4.78, 5) is 14.7. The standard InChI is InChI=1S/C22H29NO4/c1-22(2,3)27-21(24)23-17-6-4-7-18(23)13-16(12-17)15-8-9-19-20(14-15)26-11-5-10-25-19/h8-9,12,14,17-18H,4-7,10-11,13H2,1-3H3. The van der Waals surface area contributed by atoms with Crippen molar-refractivity contribution in [3.8, 4) is 11.5 Å². The Morgan fingerprint density at radius 3 is 2.63 bits per heavy atom. The molecule has 1 saturated heterocycles. The van der Waals surface area contributed by atoms with Crippen molar-refractivity contribution in [2.24, 2.45) is 0 Å². The van der Waals surface area contributed by atoms with Crippen LogP contribution in [0.15, 0.2) is 24.3 Å². The van der Waals surface area contributed by atoms with Crippen molar-refractivity contribution in [3.63, 3.8) is 0 Å². The van der Waals surface area contributed by atoms with E-state index in [-0.39, 0.29) is 18.2 Å². The highest BCUT2D eigenvalue weighted by molar-refractivity contribution is 5.75. The lowest BCUT2D eigenvalue weighted by atomic mass is 9.83. The predicted molar refractivity (Wildman–Crippen MR) is 104 cm³/mol. The molecule has 3 aliphatic heterocycles. The molecule has 1 aromatic carbocycles. The van der Waals surface area contributed by atoms with Gasteiger partial charge in [-0.05, 0) is 69.7 Å². The maximum Gasteiger partial charge on any atom is 0.411 e. The lowest BCUT2D eigenvalue weighted by Crippen LogP contribution is -2.53. The van der Waals surface area contributed by atoms with Gasteiger partial charge in [0.2, 0.25) is 0 Å². The number of hydrogen-bond acceptors (Lipinski definition) is 4. The summed E-state index contributed by atoms with van der Waals surface area (Å²) in [5, 5.41) is 0. The Hall–Kier alpha value is -2.17. The summed E-state index contributed by atoms with van der Waals surface area (Å²) in [7, 11) is 0. The summed E-state index contributed by atoms with van der Waals surface area (Å²) in [6, 6.07) is 6.52. The summed E-state index contributed by atoms with van der Waals surface area (Å²) in [6.07, 6.45) is 6.99. The Morgan fingerprint density at radius 2 is 1.89 bits per heavy atom. The first-order valence-corrected chi connectivity index (χ1v) is 10.0. The fraction of sp³-hybridized carbons (Fsp3) is 0.591. The smallest absolute Gasteiger partial charge is 0.411 e. The number of fused-ring (bicyclic) bond motifs is 3. The van der Waals surface area contributed by atoms with E-state index in [4.69, 9.17) is 14.2 Å². The second-order valence-corrected chi connectivity index (χ2v) is 8.65. The lowest BCUT2D eigenvalue weighted by molar-refractivity contribution is 0.0000826. The molecule has 3 heterocycles. The molecule has 0 spiro atoms. The molecule has 1 amide bonds. The highest BCUT2D eigenvalue weighted by Crippen LogP contribution is 2.40. The molecule has 5 heteroatoms. The average molecular weight is 371 g/mol. The van der Waals surface area contributed by atoms with Crippen LogP contribution in [-0.4, -0.2) is 41.9 Å². The minimum atomic E-state index is -0.469. The van der Waals surface area contributed by atoms with Gasteiger partial charge in [0.1, 0.15) is 5.60 Å². The molecule has 0 radical (unpaired) electrons. The van der Waals surface area contributed by atoms with Crippen LogP contribution in [0, 0.1) is 0 Å². The largest absolute Gasteiger partial charge is 0.490 e. The molecule has 2 unspecified atom stereocenters. The van der Waals surface area contributed by atoms with Gasteiger partial charge >= 0.3 is 6.09 Å². The van der Waals surface area contributed by atoms with E-state index in [1.807, 2.05) is 31.7 Å². The molecule has 0 N–H and O–H groups in total. The summed E-state index contributed by atoms with van der Waals surface area (Å²) in [6.45, 7) is 7.15. The first-order chi connectivity index (χ1) is 12.9. The van der Waals surface area contributed by atoms with E-state index in [1.165, 1.54) is 11.1 Å². The van der Waals surface area contributed by atoms with Gasteiger partial charge in [0.15, 0.2) is 11.5 Å². The predicted octanol–water partition coefficient (Wildman–Crippen LogP) is 4.79. The van der Waals surface area contributed by atoms with Gasteiger partial charge in [0.25, 0.3) is 0 Å². The van der Waals surface area contributed by atoms with Crippen molar-refractivity contribution >= 4 is 11.7 Å². The highest BCUT2D eigenvalue weighted by atomic mass is 16.6. The van der Waals surface area contributed by atoms with Gasteiger partial charge in [0, 0.05) is 12.5 Å². The van der Waals surface area contributed by atoms with Gasteiger partial charge in [-0.15, -0.1) is 0 Å². The number of rotatable bonds is 1. The maximum absolute atomic E-state index is 12.7. The zero-order chi connectivity index (χ0) is 19.0. The number of benzene rings is 1. The van der Waals surface area contributed by atoms with E-state index in [2.05, 4.69) is 18.2 Å². The van der Waals surface area contributed by atoms with Crippen molar-refractivity contribution in [2.45, 2.75) is 70.6 Å². The number of nitrogens with zero attached hydrogens (tertiary/aromatic N) is 1. The van der Waals surface area contributed by atoms with Gasteiger partial charge < -0.3 is 14.2 Å². The number of piperidine rings is 1. The zero-order valence-corrected chi connectivity index (χ0v) is 16.5. The van der Waals surface area contributed by atoms with Gasteiger partial charge in [-0.3, -0.25) is 4.90 Å². The van der Waals surface area contributed by atoms with Gasteiger partial charge in [-0.25, -0.2) is 4.79 Å². The minimum Gasteiger partial charge on any atom is -0.490 e. The van der Waals surface area contributed by atoms with E-state index < -0.39 is 5.60 Å². The Morgan fingerprint density at radius 1 is 1.11 bits per heavy atom. The van der Waals surface area contributed by atoms with E-state index in [9.17, 15) is 4.79 Å². The number of amides is 1. The van der Waals surface area contributed by atoms with Crippen molar-refractivity contribution in [1.29, 1.82) is 0 Å². The Kier molecular flexibility index (Phi) is 4.79. The first kappa shape index (κ1) is 18.2. The minimum absolute atomic E-state index is 0.110. The second-order valence-electron chi connectivity index (χ2n) is 8.65. The molecule has 2 atom stereocenters. The summed E-state index contributed by atoms with van der Waals surface area (Å²) in [5.41, 5.74) is 1.99. The maximum atomic E-state index is 12.7. The molecule has 146 valence electrons. The molecular weight excluding hydrogens is 342 g/mol. The second kappa shape index (κ2) is 7.10. The number of ether oxygens (including phenoxy) is 3. The Bertz CT molecular complexity index is 749. The van der Waals surface area contributed by atoms with Crippen LogP contribution >= 0.6 is 0 Å². The first-order valence-electron chi connectivity index (χ1n) is 10.0. The molecule has 0 aliphatic carbocycles.